The van der Waals surface area contributed by atoms with Crippen LogP contribution in [-0.2, 0) is 0 Å². The fourth-order valence-corrected chi connectivity index (χ4v) is 2.38. The van der Waals surface area contributed by atoms with Gasteiger partial charge in [-0.25, -0.2) is 4.39 Å². The third kappa shape index (κ3) is 2.31. The maximum Gasteiger partial charge on any atom is 0.123 e. The van der Waals surface area contributed by atoms with E-state index >= 15 is 0 Å². The summed E-state index contributed by atoms with van der Waals surface area (Å²) in [7, 11) is 1.90. The van der Waals surface area contributed by atoms with E-state index in [1.807, 2.05) is 40.0 Å². The van der Waals surface area contributed by atoms with Crippen molar-refractivity contribution in [2.75, 3.05) is 7.05 Å². The molecule has 0 amide bonds. The number of rotatable bonds is 3. The van der Waals surface area contributed by atoms with Crippen LogP contribution in [0.5, 0.6) is 0 Å². The number of hydrogen-bond donors (Lipinski definition) is 1. The fraction of sp³-hybridized carbons (Fsp3) is 0.333. The van der Waals surface area contributed by atoms with Gasteiger partial charge in [-0.2, -0.15) is 0 Å². The van der Waals surface area contributed by atoms with Gasteiger partial charge in [0.15, 0.2) is 0 Å². The van der Waals surface area contributed by atoms with Crippen LogP contribution in [0.1, 0.15) is 34.3 Å². The van der Waals surface area contributed by atoms with Gasteiger partial charge in [0.1, 0.15) is 17.3 Å². The molecule has 0 saturated carbocycles. The fourth-order valence-electron chi connectivity index (χ4n) is 2.38. The molecule has 2 aromatic rings. The summed E-state index contributed by atoms with van der Waals surface area (Å²) in [5, 5.41) is 3.27. The lowest BCUT2D eigenvalue weighted by Gasteiger charge is -2.18. The van der Waals surface area contributed by atoms with Crippen molar-refractivity contribution in [1.29, 1.82) is 0 Å². The second kappa shape index (κ2) is 4.94. The smallest absolute Gasteiger partial charge is 0.123 e. The minimum atomic E-state index is -0.203. The maximum absolute atomic E-state index is 13.2. The molecular weight excluding hydrogens is 229 g/mol. The van der Waals surface area contributed by atoms with Crippen molar-refractivity contribution in [2.24, 2.45) is 0 Å². The van der Waals surface area contributed by atoms with Crippen molar-refractivity contribution in [1.82, 2.24) is 5.32 Å². The van der Waals surface area contributed by atoms with Crippen LogP contribution in [-0.4, -0.2) is 7.05 Å². The molecule has 1 aromatic carbocycles. The third-order valence-electron chi connectivity index (χ3n) is 3.22. The molecule has 0 fully saturated rings. The van der Waals surface area contributed by atoms with Gasteiger partial charge in [0.2, 0.25) is 0 Å². The van der Waals surface area contributed by atoms with Gasteiger partial charge in [-0.05, 0) is 57.1 Å². The van der Waals surface area contributed by atoms with Gasteiger partial charge in [-0.15, -0.1) is 0 Å². The largest absolute Gasteiger partial charge is 0.466 e. The molecule has 1 N–H and O–H groups in total. The summed E-state index contributed by atoms with van der Waals surface area (Å²) in [5.74, 6) is 1.59. The number of halogens is 1. The minimum Gasteiger partial charge on any atom is -0.466 e. The summed E-state index contributed by atoms with van der Waals surface area (Å²) in [4.78, 5) is 0. The van der Waals surface area contributed by atoms with Gasteiger partial charge in [0.05, 0.1) is 6.04 Å². The minimum absolute atomic E-state index is 0.0306. The Morgan fingerprint density at radius 1 is 1.11 bits per heavy atom. The normalized spacial score (nSPS) is 12.7. The second-order valence-corrected chi connectivity index (χ2v) is 4.59. The van der Waals surface area contributed by atoms with Crippen molar-refractivity contribution < 1.29 is 8.81 Å². The summed E-state index contributed by atoms with van der Waals surface area (Å²) >= 11 is 0. The third-order valence-corrected chi connectivity index (χ3v) is 3.22. The Labute approximate surface area is 107 Å². The SMILES string of the molecule is CNC(c1ccc(F)cc1C)c1cc(C)oc1C. The molecule has 1 atom stereocenters. The molecule has 0 spiro atoms. The second-order valence-electron chi connectivity index (χ2n) is 4.59. The highest BCUT2D eigenvalue weighted by atomic mass is 19.1. The highest BCUT2D eigenvalue weighted by Gasteiger charge is 2.19. The molecule has 0 saturated heterocycles. The van der Waals surface area contributed by atoms with Gasteiger partial charge in [0.25, 0.3) is 0 Å². The summed E-state index contributed by atoms with van der Waals surface area (Å²) in [6.45, 7) is 5.80. The first-order chi connectivity index (χ1) is 8.52. The molecule has 1 aromatic heterocycles. The lowest BCUT2D eigenvalue weighted by atomic mass is 9.95. The molecule has 96 valence electrons. The lowest BCUT2D eigenvalue weighted by Crippen LogP contribution is -2.19. The number of aryl methyl sites for hydroxylation is 3. The standard InChI is InChI=1S/C15H18FNO/c1-9-7-12(16)5-6-13(9)15(17-4)14-8-10(2)18-11(14)3/h5-8,15,17H,1-4H3. The van der Waals surface area contributed by atoms with Crippen molar-refractivity contribution in [3.05, 3.63) is 58.3 Å². The van der Waals surface area contributed by atoms with E-state index < -0.39 is 0 Å². The van der Waals surface area contributed by atoms with E-state index in [4.69, 9.17) is 4.42 Å². The molecule has 0 aliphatic heterocycles. The van der Waals surface area contributed by atoms with Crippen LogP contribution in [0.15, 0.2) is 28.7 Å². The predicted octanol–water partition coefficient (Wildman–Crippen LogP) is 3.65. The Balaban J connectivity index is 2.48. The van der Waals surface area contributed by atoms with Gasteiger partial charge >= 0.3 is 0 Å². The number of benzene rings is 1. The van der Waals surface area contributed by atoms with E-state index in [0.29, 0.717) is 0 Å². The zero-order valence-electron chi connectivity index (χ0n) is 11.2. The topological polar surface area (TPSA) is 25.2 Å². The van der Waals surface area contributed by atoms with Gasteiger partial charge < -0.3 is 9.73 Å². The molecule has 2 nitrogen and oxygen atoms in total. The van der Waals surface area contributed by atoms with E-state index in [1.54, 1.807) is 6.07 Å². The van der Waals surface area contributed by atoms with Crippen molar-refractivity contribution in [3.8, 4) is 0 Å². The molecule has 0 bridgehead atoms. The van der Waals surface area contributed by atoms with Gasteiger partial charge in [-0.1, -0.05) is 6.07 Å². The number of nitrogens with one attached hydrogen (secondary N) is 1. The van der Waals surface area contributed by atoms with Crippen LogP contribution in [0.3, 0.4) is 0 Å². The average Bonchev–Trinajstić information content (AvgIpc) is 2.62. The van der Waals surface area contributed by atoms with E-state index in [9.17, 15) is 4.39 Å². The first-order valence-electron chi connectivity index (χ1n) is 6.03. The summed E-state index contributed by atoms with van der Waals surface area (Å²) in [6, 6.07) is 6.94. The molecule has 2 rings (SSSR count). The zero-order valence-corrected chi connectivity index (χ0v) is 11.2. The Kier molecular flexibility index (Phi) is 3.53. The van der Waals surface area contributed by atoms with Crippen LogP contribution >= 0.6 is 0 Å². The van der Waals surface area contributed by atoms with Crippen LogP contribution in [0.4, 0.5) is 4.39 Å². The zero-order chi connectivity index (χ0) is 13.3. The van der Waals surface area contributed by atoms with Crippen LogP contribution < -0.4 is 5.32 Å². The van der Waals surface area contributed by atoms with Crippen LogP contribution in [0.2, 0.25) is 0 Å². The molecule has 0 radical (unpaired) electrons. The molecule has 3 heteroatoms. The Morgan fingerprint density at radius 3 is 2.33 bits per heavy atom. The van der Waals surface area contributed by atoms with E-state index in [1.165, 1.54) is 6.07 Å². The number of hydrogen-bond acceptors (Lipinski definition) is 2. The lowest BCUT2D eigenvalue weighted by molar-refractivity contribution is 0.496. The van der Waals surface area contributed by atoms with Crippen LogP contribution in [0.25, 0.3) is 0 Å². The quantitative estimate of drug-likeness (QED) is 0.895. The van der Waals surface area contributed by atoms with Crippen molar-refractivity contribution in [3.63, 3.8) is 0 Å². The molecular formula is C15H18FNO. The molecule has 1 heterocycles. The highest BCUT2D eigenvalue weighted by molar-refractivity contribution is 5.38. The van der Waals surface area contributed by atoms with E-state index in [-0.39, 0.29) is 11.9 Å². The Morgan fingerprint density at radius 2 is 1.83 bits per heavy atom. The molecule has 1 unspecified atom stereocenters. The van der Waals surface area contributed by atoms with Gasteiger partial charge in [-0.3, -0.25) is 0 Å². The van der Waals surface area contributed by atoms with Gasteiger partial charge in [0, 0.05) is 5.56 Å². The molecule has 0 aliphatic carbocycles. The summed E-state index contributed by atoms with van der Waals surface area (Å²) in [5.41, 5.74) is 3.11. The predicted molar refractivity (Wildman–Crippen MR) is 70.2 cm³/mol. The van der Waals surface area contributed by atoms with E-state index in [0.717, 1.165) is 28.2 Å². The van der Waals surface area contributed by atoms with Crippen LogP contribution in [0, 0.1) is 26.6 Å². The monoisotopic (exact) mass is 247 g/mol. The van der Waals surface area contributed by atoms with Crippen molar-refractivity contribution >= 4 is 0 Å². The highest BCUT2D eigenvalue weighted by Crippen LogP contribution is 2.29. The maximum atomic E-state index is 13.2. The summed E-state index contributed by atoms with van der Waals surface area (Å²) in [6.07, 6.45) is 0. The Hall–Kier alpha value is -1.61. The molecule has 18 heavy (non-hydrogen) atoms. The average molecular weight is 247 g/mol. The van der Waals surface area contributed by atoms with Crippen molar-refractivity contribution in [2.45, 2.75) is 26.8 Å². The molecule has 0 aliphatic rings. The summed E-state index contributed by atoms with van der Waals surface area (Å²) < 4.78 is 18.7. The van der Waals surface area contributed by atoms with E-state index in [2.05, 4.69) is 5.32 Å². The first kappa shape index (κ1) is 12.8. The number of furan rings is 1. The Bertz CT molecular complexity index is 560. The first-order valence-corrected chi connectivity index (χ1v) is 6.03.